The minimum atomic E-state index is -0.0447. The number of aryl methyl sites for hydroxylation is 1. The highest BCUT2D eigenvalue weighted by Crippen LogP contribution is 2.31. The standard InChI is InChI=1S/C13H21N3O/c1-4-10-14-11(9-12(17)15-10)16-7-5-13(2,3)6-8-16/h9H,4-8H2,1-3H3,(H,14,15,17). The highest BCUT2D eigenvalue weighted by molar-refractivity contribution is 5.38. The van der Waals surface area contributed by atoms with E-state index in [-0.39, 0.29) is 5.56 Å². The van der Waals surface area contributed by atoms with Crippen molar-refractivity contribution in [2.45, 2.75) is 40.0 Å². The van der Waals surface area contributed by atoms with Gasteiger partial charge in [0.25, 0.3) is 5.56 Å². The highest BCUT2D eigenvalue weighted by Gasteiger charge is 2.26. The lowest BCUT2D eigenvalue weighted by Gasteiger charge is -2.37. The molecule has 94 valence electrons. The molecule has 17 heavy (non-hydrogen) atoms. The maximum atomic E-state index is 11.5. The van der Waals surface area contributed by atoms with E-state index in [4.69, 9.17) is 0 Å². The first-order valence-electron chi connectivity index (χ1n) is 6.35. The monoisotopic (exact) mass is 235 g/mol. The van der Waals surface area contributed by atoms with Gasteiger partial charge >= 0.3 is 0 Å². The van der Waals surface area contributed by atoms with Gasteiger partial charge in [-0.1, -0.05) is 20.8 Å². The molecule has 1 aromatic rings. The number of nitrogens with one attached hydrogen (secondary N) is 1. The van der Waals surface area contributed by atoms with E-state index in [0.29, 0.717) is 5.41 Å². The van der Waals surface area contributed by atoms with Crippen molar-refractivity contribution >= 4 is 5.82 Å². The van der Waals surface area contributed by atoms with Gasteiger partial charge in [0.05, 0.1) is 0 Å². The third-order valence-electron chi connectivity index (χ3n) is 3.55. The van der Waals surface area contributed by atoms with Gasteiger partial charge in [0.15, 0.2) is 0 Å². The van der Waals surface area contributed by atoms with Crippen molar-refractivity contribution in [2.24, 2.45) is 5.41 Å². The fourth-order valence-electron chi connectivity index (χ4n) is 2.16. The zero-order chi connectivity index (χ0) is 12.5. The molecular formula is C13H21N3O. The first kappa shape index (κ1) is 12.1. The Hall–Kier alpha value is -1.32. The number of aromatic amines is 1. The highest BCUT2D eigenvalue weighted by atomic mass is 16.1. The van der Waals surface area contributed by atoms with Crippen LogP contribution in [0.1, 0.15) is 39.4 Å². The molecule has 1 fully saturated rings. The van der Waals surface area contributed by atoms with Gasteiger partial charge in [-0.25, -0.2) is 4.98 Å². The fraction of sp³-hybridized carbons (Fsp3) is 0.692. The summed E-state index contributed by atoms with van der Waals surface area (Å²) in [6.07, 6.45) is 3.08. The van der Waals surface area contributed by atoms with Crippen LogP contribution in [0.5, 0.6) is 0 Å². The summed E-state index contributed by atoms with van der Waals surface area (Å²) >= 11 is 0. The molecule has 0 saturated carbocycles. The Bertz CT molecular complexity index is 440. The SMILES string of the molecule is CCc1nc(N2CCC(C)(C)CC2)cc(=O)[nH]1. The Labute approximate surface area is 102 Å². The first-order chi connectivity index (χ1) is 8.00. The topological polar surface area (TPSA) is 49.0 Å². The van der Waals surface area contributed by atoms with Crippen LogP contribution < -0.4 is 10.5 Å². The van der Waals surface area contributed by atoms with Crippen molar-refractivity contribution in [1.82, 2.24) is 9.97 Å². The summed E-state index contributed by atoms with van der Waals surface area (Å²) in [5.41, 5.74) is 0.377. The van der Waals surface area contributed by atoms with Crippen molar-refractivity contribution < 1.29 is 0 Å². The molecule has 0 bridgehead atoms. The Balaban J connectivity index is 2.18. The molecule has 0 atom stereocenters. The van der Waals surface area contributed by atoms with Crippen LogP contribution in [-0.4, -0.2) is 23.1 Å². The Kier molecular flexibility index (Phi) is 3.22. The molecule has 1 saturated heterocycles. The predicted octanol–water partition coefficient (Wildman–Crippen LogP) is 1.96. The third kappa shape index (κ3) is 2.87. The predicted molar refractivity (Wildman–Crippen MR) is 69.5 cm³/mol. The molecule has 0 radical (unpaired) electrons. The van der Waals surface area contributed by atoms with Crippen molar-refractivity contribution in [3.63, 3.8) is 0 Å². The van der Waals surface area contributed by atoms with Crippen molar-refractivity contribution in [2.75, 3.05) is 18.0 Å². The lowest BCUT2D eigenvalue weighted by Crippen LogP contribution is -2.38. The number of aromatic nitrogens is 2. The van der Waals surface area contributed by atoms with Crippen LogP contribution in [0.25, 0.3) is 0 Å². The Morgan fingerprint density at radius 2 is 2.06 bits per heavy atom. The van der Waals surface area contributed by atoms with E-state index >= 15 is 0 Å². The summed E-state index contributed by atoms with van der Waals surface area (Å²) in [7, 11) is 0. The molecule has 2 rings (SSSR count). The van der Waals surface area contributed by atoms with Gasteiger partial charge < -0.3 is 9.88 Å². The fourth-order valence-corrected chi connectivity index (χ4v) is 2.16. The van der Waals surface area contributed by atoms with E-state index < -0.39 is 0 Å². The third-order valence-corrected chi connectivity index (χ3v) is 3.55. The molecule has 0 unspecified atom stereocenters. The summed E-state index contributed by atoms with van der Waals surface area (Å²) in [5, 5.41) is 0. The van der Waals surface area contributed by atoms with Gasteiger partial charge in [-0.2, -0.15) is 0 Å². The van der Waals surface area contributed by atoms with Gasteiger partial charge in [0.1, 0.15) is 11.6 Å². The van der Waals surface area contributed by atoms with Crippen LogP contribution >= 0.6 is 0 Å². The number of hydrogen-bond acceptors (Lipinski definition) is 3. The van der Waals surface area contributed by atoms with E-state index in [1.165, 1.54) is 0 Å². The van der Waals surface area contributed by atoms with Gasteiger partial charge in [-0.3, -0.25) is 4.79 Å². The molecule has 0 aromatic carbocycles. The molecule has 1 aromatic heterocycles. The number of nitrogens with zero attached hydrogens (tertiary/aromatic N) is 2. The molecule has 0 aliphatic carbocycles. The lowest BCUT2D eigenvalue weighted by atomic mass is 9.83. The zero-order valence-electron chi connectivity index (χ0n) is 10.9. The summed E-state index contributed by atoms with van der Waals surface area (Å²) in [6, 6.07) is 1.61. The number of H-pyrrole nitrogens is 1. The Morgan fingerprint density at radius 1 is 1.41 bits per heavy atom. The summed E-state index contributed by atoms with van der Waals surface area (Å²) in [4.78, 5) is 21.0. The van der Waals surface area contributed by atoms with Crippen LogP contribution in [0, 0.1) is 5.41 Å². The van der Waals surface area contributed by atoms with E-state index in [1.807, 2.05) is 6.92 Å². The number of piperidine rings is 1. The van der Waals surface area contributed by atoms with Crippen LogP contribution in [0.4, 0.5) is 5.82 Å². The Morgan fingerprint density at radius 3 is 2.65 bits per heavy atom. The summed E-state index contributed by atoms with van der Waals surface area (Å²) in [5.74, 6) is 1.61. The normalized spacial score (nSPS) is 19.4. The van der Waals surface area contributed by atoms with Crippen molar-refractivity contribution in [3.8, 4) is 0 Å². The smallest absolute Gasteiger partial charge is 0.252 e. The quantitative estimate of drug-likeness (QED) is 0.852. The van der Waals surface area contributed by atoms with Crippen molar-refractivity contribution in [1.29, 1.82) is 0 Å². The van der Waals surface area contributed by atoms with E-state index in [1.54, 1.807) is 6.07 Å². The number of rotatable bonds is 2. The minimum absolute atomic E-state index is 0.0447. The minimum Gasteiger partial charge on any atom is -0.356 e. The molecule has 0 spiro atoms. The van der Waals surface area contributed by atoms with Crippen LogP contribution in [-0.2, 0) is 6.42 Å². The molecule has 4 nitrogen and oxygen atoms in total. The zero-order valence-corrected chi connectivity index (χ0v) is 10.9. The lowest BCUT2D eigenvalue weighted by molar-refractivity contribution is 0.279. The average Bonchev–Trinajstić information content (AvgIpc) is 2.28. The van der Waals surface area contributed by atoms with E-state index in [2.05, 4.69) is 28.7 Å². The van der Waals surface area contributed by atoms with Crippen LogP contribution in [0.3, 0.4) is 0 Å². The van der Waals surface area contributed by atoms with Gasteiger partial charge in [0, 0.05) is 25.6 Å². The van der Waals surface area contributed by atoms with Gasteiger partial charge in [0.2, 0.25) is 0 Å². The molecule has 1 aliphatic rings. The molecule has 1 aliphatic heterocycles. The largest absolute Gasteiger partial charge is 0.356 e. The van der Waals surface area contributed by atoms with Crippen molar-refractivity contribution in [3.05, 3.63) is 22.2 Å². The molecule has 1 N–H and O–H groups in total. The second-order valence-corrected chi connectivity index (χ2v) is 5.56. The first-order valence-corrected chi connectivity index (χ1v) is 6.35. The molecular weight excluding hydrogens is 214 g/mol. The second kappa shape index (κ2) is 4.51. The average molecular weight is 235 g/mol. The summed E-state index contributed by atoms with van der Waals surface area (Å²) in [6.45, 7) is 8.58. The maximum absolute atomic E-state index is 11.5. The van der Waals surface area contributed by atoms with E-state index in [9.17, 15) is 4.79 Å². The van der Waals surface area contributed by atoms with Gasteiger partial charge in [-0.15, -0.1) is 0 Å². The number of hydrogen-bond donors (Lipinski definition) is 1. The van der Waals surface area contributed by atoms with E-state index in [0.717, 1.165) is 44.0 Å². The van der Waals surface area contributed by atoms with Gasteiger partial charge in [-0.05, 0) is 18.3 Å². The maximum Gasteiger partial charge on any atom is 0.252 e. The number of anilines is 1. The van der Waals surface area contributed by atoms with Crippen LogP contribution in [0.2, 0.25) is 0 Å². The molecule has 4 heteroatoms. The van der Waals surface area contributed by atoms with Crippen LogP contribution in [0.15, 0.2) is 10.9 Å². The second-order valence-electron chi connectivity index (χ2n) is 5.56. The molecule has 2 heterocycles. The molecule has 0 amide bonds. The summed E-state index contributed by atoms with van der Waals surface area (Å²) < 4.78 is 0.